The predicted molar refractivity (Wildman–Crippen MR) is 34.2 cm³/mol. The number of rotatable bonds is 0. The van der Waals surface area contributed by atoms with Crippen LogP contribution in [0, 0.1) is 0 Å². The smallest absolute Gasteiger partial charge is 0.350 e. The third-order valence-corrected chi connectivity index (χ3v) is 0.557. The molecule has 0 rings (SSSR count). The molecule has 0 saturated heterocycles. The van der Waals surface area contributed by atoms with Gasteiger partial charge in [0.2, 0.25) is 0 Å². The van der Waals surface area contributed by atoms with Gasteiger partial charge in [-0.2, -0.15) is 13.2 Å². The SMILES string of the molecule is Cl.NC(=O)NNC(=O)C(F)(F)F. The molecule has 0 aromatic carbocycles. The molecule has 0 aliphatic heterocycles. The Labute approximate surface area is 70.9 Å². The molecule has 4 N–H and O–H groups in total. The second-order valence-corrected chi connectivity index (χ2v) is 1.44. The Bertz CT molecular complexity index is 182. The number of alkyl halides is 3. The van der Waals surface area contributed by atoms with E-state index in [9.17, 15) is 22.8 Å². The number of carbonyl (C=O) groups excluding carboxylic acids is 2. The number of amides is 3. The summed E-state index contributed by atoms with van der Waals surface area (Å²) in [6.07, 6.45) is -5.03. The van der Waals surface area contributed by atoms with Gasteiger partial charge in [0.1, 0.15) is 0 Å². The van der Waals surface area contributed by atoms with E-state index in [0.29, 0.717) is 0 Å². The molecule has 0 unspecified atom stereocenters. The highest BCUT2D eigenvalue weighted by Crippen LogP contribution is 2.13. The second kappa shape index (κ2) is 4.65. The molecular weight excluding hydrogens is 202 g/mol. The van der Waals surface area contributed by atoms with Gasteiger partial charge in [-0.3, -0.25) is 10.2 Å². The van der Waals surface area contributed by atoms with Crippen LogP contribution in [0.3, 0.4) is 0 Å². The van der Waals surface area contributed by atoms with Crippen molar-refractivity contribution >= 4 is 24.3 Å². The van der Waals surface area contributed by atoms with Crippen molar-refractivity contribution in [1.82, 2.24) is 10.9 Å². The van der Waals surface area contributed by atoms with Gasteiger partial charge in [0.25, 0.3) is 0 Å². The second-order valence-electron chi connectivity index (χ2n) is 1.44. The van der Waals surface area contributed by atoms with Gasteiger partial charge in [0, 0.05) is 0 Å². The highest BCUT2D eigenvalue weighted by Gasteiger charge is 2.38. The lowest BCUT2D eigenvalue weighted by Gasteiger charge is -2.06. The van der Waals surface area contributed by atoms with Crippen LogP contribution in [0.4, 0.5) is 18.0 Å². The Hall–Kier alpha value is -1.18. The van der Waals surface area contributed by atoms with Gasteiger partial charge >= 0.3 is 18.1 Å². The van der Waals surface area contributed by atoms with E-state index in [0.717, 1.165) is 5.43 Å². The summed E-state index contributed by atoms with van der Waals surface area (Å²) in [6.45, 7) is 0. The molecule has 12 heavy (non-hydrogen) atoms. The molecule has 72 valence electrons. The average Bonchev–Trinajstić information content (AvgIpc) is 1.80. The van der Waals surface area contributed by atoms with Crippen molar-refractivity contribution in [2.75, 3.05) is 0 Å². The van der Waals surface area contributed by atoms with Crippen molar-refractivity contribution in [3.05, 3.63) is 0 Å². The zero-order valence-corrected chi connectivity index (χ0v) is 6.25. The molecule has 3 amide bonds. The molecule has 5 nitrogen and oxygen atoms in total. The Morgan fingerprint density at radius 3 is 1.83 bits per heavy atom. The molecule has 0 aliphatic carbocycles. The van der Waals surface area contributed by atoms with Crippen molar-refractivity contribution in [2.45, 2.75) is 6.18 Å². The number of halogens is 4. The minimum Gasteiger partial charge on any atom is -0.350 e. The lowest BCUT2D eigenvalue weighted by Crippen LogP contribution is -2.49. The molecule has 0 radical (unpaired) electrons. The number of nitrogens with two attached hydrogens (primary N) is 1. The third kappa shape index (κ3) is 5.59. The first kappa shape index (κ1) is 13.4. The lowest BCUT2D eigenvalue weighted by atomic mass is 10.6. The Morgan fingerprint density at radius 2 is 1.58 bits per heavy atom. The third-order valence-electron chi connectivity index (χ3n) is 0.557. The number of hydrogen-bond donors (Lipinski definition) is 3. The summed E-state index contributed by atoms with van der Waals surface area (Å²) in [5.74, 6) is -2.28. The van der Waals surface area contributed by atoms with E-state index in [-0.39, 0.29) is 12.4 Å². The van der Waals surface area contributed by atoms with Crippen LogP contribution in [0.2, 0.25) is 0 Å². The van der Waals surface area contributed by atoms with Gasteiger partial charge < -0.3 is 5.73 Å². The highest BCUT2D eigenvalue weighted by atomic mass is 35.5. The van der Waals surface area contributed by atoms with Gasteiger partial charge in [-0.25, -0.2) is 10.2 Å². The van der Waals surface area contributed by atoms with Gasteiger partial charge in [0.15, 0.2) is 0 Å². The van der Waals surface area contributed by atoms with Crippen LogP contribution < -0.4 is 16.6 Å². The largest absolute Gasteiger partial charge is 0.472 e. The molecule has 0 spiro atoms. The van der Waals surface area contributed by atoms with Crippen LogP contribution >= 0.6 is 12.4 Å². The standard InChI is InChI=1S/C3H4F3N3O2.ClH/c4-3(5,6)1(10)8-9-2(7)11;/h(H,8,10)(H3,7,9,11);1H. The minimum absolute atomic E-state index is 0. The van der Waals surface area contributed by atoms with Crippen LogP contribution in [0.25, 0.3) is 0 Å². The summed E-state index contributed by atoms with van der Waals surface area (Å²) in [5.41, 5.74) is 6.66. The van der Waals surface area contributed by atoms with Gasteiger partial charge in [-0.1, -0.05) is 0 Å². The lowest BCUT2D eigenvalue weighted by molar-refractivity contribution is -0.174. The number of hydrazine groups is 1. The fraction of sp³-hybridized carbons (Fsp3) is 0.333. The molecule has 0 atom stereocenters. The maximum absolute atomic E-state index is 11.3. The van der Waals surface area contributed by atoms with Gasteiger partial charge in [0.05, 0.1) is 0 Å². The molecule has 0 aromatic rings. The Morgan fingerprint density at radius 1 is 1.17 bits per heavy atom. The summed E-state index contributed by atoms with van der Waals surface area (Å²) < 4.78 is 33.9. The highest BCUT2D eigenvalue weighted by molar-refractivity contribution is 5.85. The van der Waals surface area contributed by atoms with E-state index in [1.165, 1.54) is 5.43 Å². The maximum atomic E-state index is 11.3. The monoisotopic (exact) mass is 207 g/mol. The normalized spacial score (nSPS) is 9.58. The summed E-state index contributed by atoms with van der Waals surface area (Å²) in [5, 5.41) is 0. The van der Waals surface area contributed by atoms with Crippen LogP contribution in [0.15, 0.2) is 0 Å². The minimum atomic E-state index is -5.03. The van der Waals surface area contributed by atoms with E-state index < -0.39 is 18.1 Å². The molecular formula is C3H5ClF3N3O2. The number of primary amides is 1. The fourth-order valence-electron chi connectivity index (χ4n) is 0.189. The van der Waals surface area contributed by atoms with E-state index in [4.69, 9.17) is 0 Å². The zero-order valence-electron chi connectivity index (χ0n) is 5.44. The van der Waals surface area contributed by atoms with E-state index in [1.54, 1.807) is 0 Å². The first-order valence-electron chi connectivity index (χ1n) is 2.26. The summed E-state index contributed by atoms with van der Waals surface area (Å²) in [7, 11) is 0. The first-order valence-corrected chi connectivity index (χ1v) is 2.26. The van der Waals surface area contributed by atoms with Crippen LogP contribution in [-0.4, -0.2) is 18.1 Å². The van der Waals surface area contributed by atoms with Crippen molar-refractivity contribution in [2.24, 2.45) is 5.73 Å². The zero-order chi connectivity index (χ0) is 9.07. The van der Waals surface area contributed by atoms with E-state index in [2.05, 4.69) is 5.73 Å². The number of hydrogen-bond acceptors (Lipinski definition) is 2. The Kier molecular flexibility index (Phi) is 5.20. The van der Waals surface area contributed by atoms with E-state index in [1.807, 2.05) is 0 Å². The van der Waals surface area contributed by atoms with Gasteiger partial charge in [-0.05, 0) is 0 Å². The molecule has 0 saturated carbocycles. The summed E-state index contributed by atoms with van der Waals surface area (Å²) in [4.78, 5) is 19.6. The molecule has 0 aliphatic rings. The maximum Gasteiger partial charge on any atom is 0.472 e. The van der Waals surface area contributed by atoms with Crippen LogP contribution in [0.5, 0.6) is 0 Å². The molecule has 9 heteroatoms. The summed E-state index contributed by atoms with van der Waals surface area (Å²) in [6, 6.07) is -1.28. The van der Waals surface area contributed by atoms with Crippen LogP contribution in [-0.2, 0) is 4.79 Å². The van der Waals surface area contributed by atoms with E-state index >= 15 is 0 Å². The molecule has 0 aromatic heterocycles. The number of nitrogens with one attached hydrogen (secondary N) is 2. The topological polar surface area (TPSA) is 84.2 Å². The molecule has 0 bridgehead atoms. The van der Waals surface area contributed by atoms with Crippen molar-refractivity contribution < 1.29 is 22.8 Å². The predicted octanol–water partition coefficient (Wildman–Crippen LogP) is -0.330. The van der Waals surface area contributed by atoms with Gasteiger partial charge in [-0.15, -0.1) is 12.4 Å². The molecule has 0 fully saturated rings. The number of carbonyl (C=O) groups is 2. The molecule has 0 heterocycles. The van der Waals surface area contributed by atoms with Crippen molar-refractivity contribution in [3.63, 3.8) is 0 Å². The van der Waals surface area contributed by atoms with Crippen LogP contribution in [0.1, 0.15) is 0 Å². The first-order chi connectivity index (χ1) is 4.84. The quantitative estimate of drug-likeness (QED) is 0.475. The average molecular weight is 208 g/mol. The van der Waals surface area contributed by atoms with Crippen molar-refractivity contribution in [3.8, 4) is 0 Å². The van der Waals surface area contributed by atoms with Crippen molar-refractivity contribution in [1.29, 1.82) is 0 Å². The fourth-order valence-corrected chi connectivity index (χ4v) is 0.189. The summed E-state index contributed by atoms with van der Waals surface area (Å²) >= 11 is 0. The Balaban J connectivity index is 0. The number of urea groups is 1.